The molecule has 6 heteroatoms. The molecule has 0 bridgehead atoms. The van der Waals surface area contributed by atoms with Crippen LogP contribution in [-0.2, 0) is 0 Å². The number of fused-ring (bicyclic) bond motifs is 1. The number of rotatable bonds is 5. The summed E-state index contributed by atoms with van der Waals surface area (Å²) in [6.07, 6.45) is -0.452. The molecule has 0 aromatic heterocycles. The molecule has 1 amide bonds. The number of hydrogen-bond acceptors (Lipinski definition) is 5. The lowest BCUT2D eigenvalue weighted by Gasteiger charge is -2.38. The molecule has 0 aliphatic carbocycles. The number of para-hydroxylation sites is 1. The summed E-state index contributed by atoms with van der Waals surface area (Å²) in [6.45, 7) is 0. The van der Waals surface area contributed by atoms with Gasteiger partial charge in [-0.15, -0.1) is 0 Å². The van der Waals surface area contributed by atoms with Gasteiger partial charge in [-0.1, -0.05) is 12.1 Å². The third-order valence-corrected chi connectivity index (χ3v) is 5.01. The van der Waals surface area contributed by atoms with E-state index in [9.17, 15) is 4.79 Å². The fourth-order valence-electron chi connectivity index (χ4n) is 3.52. The van der Waals surface area contributed by atoms with Gasteiger partial charge >= 0.3 is 0 Å². The average molecular weight is 390 g/mol. The lowest BCUT2D eigenvalue weighted by molar-refractivity contribution is 0.0974. The van der Waals surface area contributed by atoms with Crippen molar-refractivity contribution in [1.82, 2.24) is 0 Å². The highest BCUT2D eigenvalue weighted by molar-refractivity contribution is 6.12. The van der Waals surface area contributed by atoms with Crippen LogP contribution < -0.4 is 24.4 Å². The summed E-state index contributed by atoms with van der Waals surface area (Å²) < 4.78 is 16.2. The zero-order valence-corrected chi connectivity index (χ0v) is 16.5. The Morgan fingerprint density at radius 2 is 1.52 bits per heavy atom. The highest BCUT2D eigenvalue weighted by Crippen LogP contribution is 2.40. The van der Waals surface area contributed by atoms with E-state index in [1.807, 2.05) is 66.7 Å². The predicted molar refractivity (Wildman–Crippen MR) is 112 cm³/mol. The lowest BCUT2D eigenvalue weighted by atomic mass is 10.0. The number of nitrogens with zero attached hydrogens (tertiary/aromatic N) is 1. The third-order valence-electron chi connectivity index (χ3n) is 5.01. The van der Waals surface area contributed by atoms with Crippen molar-refractivity contribution in [2.45, 2.75) is 6.17 Å². The molecule has 0 radical (unpaired) electrons. The first-order valence-corrected chi connectivity index (χ1v) is 9.21. The molecule has 0 saturated carbocycles. The van der Waals surface area contributed by atoms with Gasteiger partial charge in [0.15, 0.2) is 0 Å². The van der Waals surface area contributed by atoms with Gasteiger partial charge in [0.25, 0.3) is 5.91 Å². The molecule has 148 valence electrons. The summed E-state index contributed by atoms with van der Waals surface area (Å²) in [5.74, 6) is 1.95. The van der Waals surface area contributed by atoms with E-state index in [-0.39, 0.29) is 5.91 Å². The molecule has 4 rings (SSSR count). The van der Waals surface area contributed by atoms with Crippen molar-refractivity contribution in [2.24, 2.45) is 0 Å². The van der Waals surface area contributed by atoms with E-state index in [4.69, 9.17) is 14.2 Å². The predicted octanol–water partition coefficient (Wildman–Crippen LogP) is 4.48. The summed E-state index contributed by atoms with van der Waals surface area (Å²) >= 11 is 0. The maximum Gasteiger partial charge on any atom is 0.262 e. The number of ether oxygens (including phenoxy) is 3. The van der Waals surface area contributed by atoms with E-state index in [1.54, 1.807) is 26.2 Å². The van der Waals surface area contributed by atoms with Crippen molar-refractivity contribution >= 4 is 17.3 Å². The number of anilines is 2. The second kappa shape index (κ2) is 7.75. The minimum Gasteiger partial charge on any atom is -0.497 e. The summed E-state index contributed by atoms with van der Waals surface area (Å²) in [5.41, 5.74) is 2.98. The molecule has 1 aliphatic heterocycles. The molecule has 1 aliphatic rings. The molecule has 0 unspecified atom stereocenters. The number of benzene rings is 3. The third kappa shape index (κ3) is 3.33. The molecule has 0 saturated heterocycles. The van der Waals surface area contributed by atoms with Crippen LogP contribution in [0, 0.1) is 0 Å². The number of methoxy groups -OCH3 is 3. The van der Waals surface area contributed by atoms with Crippen LogP contribution in [0.1, 0.15) is 22.1 Å². The first kappa shape index (κ1) is 18.7. The van der Waals surface area contributed by atoms with Crippen LogP contribution in [0.5, 0.6) is 17.2 Å². The topological polar surface area (TPSA) is 60.0 Å². The van der Waals surface area contributed by atoms with Crippen LogP contribution in [0.4, 0.5) is 11.4 Å². The van der Waals surface area contributed by atoms with Gasteiger partial charge in [-0.2, -0.15) is 0 Å². The maximum atomic E-state index is 13.5. The normalized spacial score (nSPS) is 15.3. The molecular formula is C23H22N2O4. The summed E-state index contributed by atoms with van der Waals surface area (Å²) in [4.78, 5) is 15.2. The highest BCUT2D eigenvalue weighted by Gasteiger charge is 2.35. The smallest absolute Gasteiger partial charge is 0.262 e. The van der Waals surface area contributed by atoms with Crippen molar-refractivity contribution in [3.63, 3.8) is 0 Å². The molecule has 3 aromatic rings. The lowest BCUT2D eigenvalue weighted by Crippen LogP contribution is -2.43. The van der Waals surface area contributed by atoms with Gasteiger partial charge < -0.3 is 19.5 Å². The molecule has 1 atom stereocenters. The largest absolute Gasteiger partial charge is 0.497 e. The first-order chi connectivity index (χ1) is 14.2. The average Bonchev–Trinajstić information content (AvgIpc) is 2.78. The quantitative estimate of drug-likeness (QED) is 0.696. The van der Waals surface area contributed by atoms with Gasteiger partial charge in [0, 0.05) is 23.0 Å². The molecule has 0 spiro atoms. The number of carbonyl (C=O) groups is 1. The zero-order chi connectivity index (χ0) is 20.4. The van der Waals surface area contributed by atoms with Crippen molar-refractivity contribution in [1.29, 1.82) is 0 Å². The Balaban J connectivity index is 1.86. The first-order valence-electron chi connectivity index (χ1n) is 9.21. The molecule has 1 N–H and O–H groups in total. The summed E-state index contributed by atoms with van der Waals surface area (Å²) in [6, 6.07) is 20.5. The van der Waals surface area contributed by atoms with Crippen molar-refractivity contribution < 1.29 is 19.0 Å². The fraction of sp³-hybridized carbons (Fsp3) is 0.174. The Bertz CT molecular complexity index is 1030. The van der Waals surface area contributed by atoms with Gasteiger partial charge in [-0.05, 0) is 48.5 Å². The van der Waals surface area contributed by atoms with Gasteiger partial charge in [-0.25, -0.2) is 0 Å². The van der Waals surface area contributed by atoms with Crippen molar-refractivity contribution in [3.8, 4) is 17.2 Å². The molecule has 29 heavy (non-hydrogen) atoms. The van der Waals surface area contributed by atoms with Gasteiger partial charge in [-0.3, -0.25) is 9.69 Å². The molecule has 1 heterocycles. The van der Waals surface area contributed by atoms with Crippen LogP contribution in [0.2, 0.25) is 0 Å². The SMILES string of the molecule is COc1ccc(N2C(=O)c3ccccc3N[C@@H]2c2ccc(OC)cc2OC)cc1. The van der Waals surface area contributed by atoms with E-state index < -0.39 is 6.17 Å². The van der Waals surface area contributed by atoms with Crippen molar-refractivity contribution in [2.75, 3.05) is 31.5 Å². The minimum absolute atomic E-state index is 0.0904. The Morgan fingerprint density at radius 3 is 2.21 bits per heavy atom. The van der Waals surface area contributed by atoms with Crippen molar-refractivity contribution in [3.05, 3.63) is 77.9 Å². The van der Waals surface area contributed by atoms with E-state index in [1.165, 1.54) is 0 Å². The Morgan fingerprint density at radius 1 is 0.828 bits per heavy atom. The standard InChI is InChI=1S/C23H22N2O4/c1-27-16-10-8-15(9-11-16)25-22(19-13-12-17(28-2)14-21(19)29-3)24-20-7-5-4-6-18(20)23(25)26/h4-14,22,24H,1-3H3/t22-/m0/s1. The summed E-state index contributed by atoms with van der Waals surface area (Å²) in [5, 5.41) is 3.49. The maximum absolute atomic E-state index is 13.5. The van der Waals surface area contributed by atoms with E-state index in [2.05, 4.69) is 5.32 Å². The van der Waals surface area contributed by atoms with Crippen LogP contribution >= 0.6 is 0 Å². The minimum atomic E-state index is -0.452. The Labute approximate surface area is 169 Å². The van der Waals surface area contributed by atoms with Crippen LogP contribution in [0.25, 0.3) is 0 Å². The number of amides is 1. The fourth-order valence-corrected chi connectivity index (χ4v) is 3.52. The number of hydrogen-bond donors (Lipinski definition) is 1. The molecule has 0 fully saturated rings. The number of nitrogens with one attached hydrogen (secondary N) is 1. The second-order valence-electron chi connectivity index (χ2n) is 6.57. The van der Waals surface area contributed by atoms with Crippen LogP contribution in [0.3, 0.4) is 0 Å². The van der Waals surface area contributed by atoms with E-state index >= 15 is 0 Å². The van der Waals surface area contributed by atoms with Gasteiger partial charge in [0.2, 0.25) is 0 Å². The van der Waals surface area contributed by atoms with Gasteiger partial charge in [0.05, 0.1) is 26.9 Å². The summed E-state index contributed by atoms with van der Waals surface area (Å²) in [7, 11) is 4.83. The number of carbonyl (C=O) groups excluding carboxylic acids is 1. The highest BCUT2D eigenvalue weighted by atomic mass is 16.5. The molecular weight excluding hydrogens is 368 g/mol. The van der Waals surface area contributed by atoms with Crippen LogP contribution in [-0.4, -0.2) is 27.2 Å². The second-order valence-corrected chi connectivity index (χ2v) is 6.57. The van der Waals surface area contributed by atoms with Gasteiger partial charge in [0.1, 0.15) is 23.4 Å². The Kier molecular flexibility index (Phi) is 4.99. The zero-order valence-electron chi connectivity index (χ0n) is 16.5. The van der Waals surface area contributed by atoms with E-state index in [0.717, 1.165) is 22.7 Å². The monoisotopic (exact) mass is 390 g/mol. The molecule has 3 aromatic carbocycles. The van der Waals surface area contributed by atoms with Crippen LogP contribution in [0.15, 0.2) is 66.7 Å². The van der Waals surface area contributed by atoms with E-state index in [0.29, 0.717) is 17.1 Å². The molecule has 6 nitrogen and oxygen atoms in total. The Hall–Kier alpha value is -3.67.